The van der Waals surface area contributed by atoms with Crippen LogP contribution >= 0.6 is 68.0 Å². The summed E-state index contributed by atoms with van der Waals surface area (Å²) in [5, 5.41) is 39.5. The Kier molecular flexibility index (Phi) is 16.6. The highest BCUT2D eigenvalue weighted by Crippen LogP contribution is 2.42. The van der Waals surface area contributed by atoms with E-state index in [1.54, 1.807) is 59.0 Å². The molecule has 23 nitrogen and oxygen atoms in total. The zero-order valence-corrected chi connectivity index (χ0v) is 47.1. The van der Waals surface area contributed by atoms with Gasteiger partial charge in [-0.2, -0.15) is 0 Å². The summed E-state index contributed by atoms with van der Waals surface area (Å²) < 4.78 is 5.83. The maximum atomic E-state index is 15.1. The quantitative estimate of drug-likeness (QED) is 0.0685. The van der Waals surface area contributed by atoms with Gasteiger partial charge in [0.15, 0.2) is 0 Å². The number of aliphatic hydroxyl groups is 1. The van der Waals surface area contributed by atoms with Crippen LogP contribution < -0.4 is 32.2 Å². The van der Waals surface area contributed by atoms with Crippen molar-refractivity contribution < 1.29 is 48.5 Å². The standard InChI is InChI=1S/C51H47N13O10S6/c1-22-35(65)16-64-41(22)50-62-34(21-79-50)48-59-30(17-77-48)40-26(10-11-27(56-40)47-60-31(18-78-47)42(53)69)46-61-33(20-76-46)44(71)57-28(14-36(52)66)49-63-39(23(2)80-49)45(72)54-15-37-55-32(19-75-37)43(70)58-29(51(64)73)13-24-6-8-25(9-7-24)74-12-4-3-5-38(67)68/h6-11,17-22,28-29,35,41,65H,3-5,12-16H2,1-2H3,(H2,52,66)(H2,53,69)(H,54,72)(H,57,71)(H,58,70)(H,67,68)/t22-,28-,29-,35?,41-/m0/s1. The molecule has 1 aromatic carbocycles. The van der Waals surface area contributed by atoms with E-state index >= 15 is 4.79 Å². The van der Waals surface area contributed by atoms with Gasteiger partial charge in [-0.15, -0.1) is 68.0 Å². The first-order valence-corrected chi connectivity index (χ1v) is 29.8. The number of pyridine rings is 1. The van der Waals surface area contributed by atoms with Crippen LogP contribution in [0.15, 0.2) is 63.3 Å². The molecule has 80 heavy (non-hydrogen) atoms. The number of ether oxygens (including phenoxy) is 1. The molecule has 10 bridgehead atoms. The largest absolute Gasteiger partial charge is 0.494 e. The molecule has 2 aliphatic rings. The zero-order valence-electron chi connectivity index (χ0n) is 42.2. The first-order chi connectivity index (χ1) is 38.5. The lowest BCUT2D eigenvalue weighted by molar-refractivity contribution is -0.137. The molecule has 1 saturated heterocycles. The van der Waals surface area contributed by atoms with Gasteiger partial charge in [0, 0.05) is 62.6 Å². The van der Waals surface area contributed by atoms with Crippen LogP contribution in [0.1, 0.15) is 112 Å². The number of fused-ring (bicyclic) bond motifs is 16. The van der Waals surface area contributed by atoms with Crippen LogP contribution in [0.3, 0.4) is 0 Å². The minimum Gasteiger partial charge on any atom is -0.494 e. The Balaban J connectivity index is 1.02. The number of aliphatic carboxylic acids is 1. The Bertz CT molecular complexity index is 3680. The van der Waals surface area contributed by atoms with Gasteiger partial charge in [0.05, 0.1) is 43.5 Å². The van der Waals surface area contributed by atoms with E-state index in [-0.39, 0.29) is 60.1 Å². The third-order valence-corrected chi connectivity index (χ3v) is 18.4. The number of primary amides is 2. The number of thiazole rings is 6. The second kappa shape index (κ2) is 23.9. The van der Waals surface area contributed by atoms with E-state index in [2.05, 4.69) is 30.9 Å². The van der Waals surface area contributed by atoms with Gasteiger partial charge in [-0.05, 0) is 49.6 Å². The van der Waals surface area contributed by atoms with Crippen LogP contribution in [0.4, 0.5) is 0 Å². The molecule has 0 aliphatic carbocycles. The molecular weight excluding hydrogens is 1150 g/mol. The van der Waals surface area contributed by atoms with Gasteiger partial charge in [-0.3, -0.25) is 33.6 Å². The van der Waals surface area contributed by atoms with E-state index in [9.17, 15) is 33.9 Å². The number of hydrogen-bond acceptors (Lipinski definition) is 22. The molecule has 2 aliphatic heterocycles. The van der Waals surface area contributed by atoms with Crippen LogP contribution in [0.25, 0.3) is 43.4 Å². The van der Waals surface area contributed by atoms with E-state index in [0.717, 1.165) is 34.0 Å². The summed E-state index contributed by atoms with van der Waals surface area (Å²) in [5.41, 5.74) is 14.1. The summed E-state index contributed by atoms with van der Waals surface area (Å²) in [6.45, 7) is 3.65. The number of carboxylic acids is 1. The van der Waals surface area contributed by atoms with Gasteiger partial charge in [0.1, 0.15) is 81.7 Å². The molecule has 9 heterocycles. The number of benzene rings is 1. The monoisotopic (exact) mass is 1190 g/mol. The molecule has 1 unspecified atom stereocenters. The molecule has 8 aromatic rings. The summed E-state index contributed by atoms with van der Waals surface area (Å²) >= 11 is 7.11. The van der Waals surface area contributed by atoms with Crippen LogP contribution in [-0.2, 0) is 27.3 Å². The number of carboxylic acid groups (broad SMARTS) is 1. The molecule has 0 saturated carbocycles. The molecule has 0 radical (unpaired) electrons. The number of hydrogen-bond donors (Lipinski definition) is 7. The molecule has 9 N–H and O–H groups in total. The fraction of sp³-hybridized carbons (Fsp3) is 0.294. The Hall–Kier alpha value is -7.80. The van der Waals surface area contributed by atoms with Crippen molar-refractivity contribution in [2.75, 3.05) is 13.2 Å². The maximum Gasteiger partial charge on any atom is 0.303 e. The topological polar surface area (TPSA) is 351 Å². The van der Waals surface area contributed by atoms with E-state index in [0.29, 0.717) is 89.0 Å². The number of aliphatic hydroxyl groups excluding tert-OH is 1. The van der Waals surface area contributed by atoms with E-state index in [1.165, 1.54) is 44.8 Å². The minimum absolute atomic E-state index is 0.00902. The van der Waals surface area contributed by atoms with Crippen LogP contribution in [0.5, 0.6) is 5.75 Å². The lowest BCUT2D eigenvalue weighted by atomic mass is 10.00. The normalized spacial score (nSPS) is 18.7. The predicted molar refractivity (Wildman–Crippen MR) is 299 cm³/mol. The van der Waals surface area contributed by atoms with Crippen molar-refractivity contribution in [3.8, 4) is 49.1 Å². The fourth-order valence-electron chi connectivity index (χ4n) is 8.84. The van der Waals surface area contributed by atoms with E-state index in [4.69, 9.17) is 41.2 Å². The first-order valence-electron chi connectivity index (χ1n) is 24.6. The van der Waals surface area contributed by atoms with Gasteiger partial charge >= 0.3 is 5.97 Å². The van der Waals surface area contributed by atoms with Crippen molar-refractivity contribution in [1.29, 1.82) is 0 Å². The third-order valence-electron chi connectivity index (χ3n) is 12.9. The number of aryl methyl sites for hydroxylation is 1. The summed E-state index contributed by atoms with van der Waals surface area (Å²) in [6.07, 6.45) is -0.220. The first kappa shape index (κ1) is 55.5. The maximum absolute atomic E-state index is 15.1. The van der Waals surface area contributed by atoms with Gasteiger partial charge in [0.25, 0.3) is 23.6 Å². The average molecular weight is 1190 g/mol. The van der Waals surface area contributed by atoms with Crippen LogP contribution in [0.2, 0.25) is 0 Å². The summed E-state index contributed by atoms with van der Waals surface area (Å²) in [6, 6.07) is 7.54. The van der Waals surface area contributed by atoms with Crippen molar-refractivity contribution >= 4 is 109 Å². The Labute approximate surface area is 478 Å². The molecule has 0 spiro atoms. The van der Waals surface area contributed by atoms with Crippen molar-refractivity contribution in [3.05, 3.63) is 112 Å². The van der Waals surface area contributed by atoms with Crippen LogP contribution in [0, 0.1) is 12.8 Å². The van der Waals surface area contributed by atoms with Crippen LogP contribution in [-0.4, -0.2) is 117 Å². The molecule has 5 atom stereocenters. The second-order valence-electron chi connectivity index (χ2n) is 18.5. The molecule has 29 heteroatoms. The van der Waals surface area contributed by atoms with Crippen molar-refractivity contribution in [2.24, 2.45) is 17.4 Å². The van der Waals surface area contributed by atoms with Gasteiger partial charge in [-0.25, -0.2) is 34.9 Å². The minimum atomic E-state index is -1.17. The number of nitrogens with one attached hydrogen (secondary N) is 3. The lowest BCUT2D eigenvalue weighted by Gasteiger charge is -2.29. The highest BCUT2D eigenvalue weighted by Gasteiger charge is 2.45. The zero-order chi connectivity index (χ0) is 56.4. The Morgan fingerprint density at radius 2 is 1.40 bits per heavy atom. The number of amides is 6. The number of nitrogens with two attached hydrogens (primary N) is 2. The number of carbonyl (C=O) groups is 7. The second-order valence-corrected chi connectivity index (χ2v) is 24.2. The highest BCUT2D eigenvalue weighted by molar-refractivity contribution is 7.15. The number of carbonyl (C=O) groups excluding carboxylic acids is 6. The number of aromatic nitrogens is 7. The third kappa shape index (κ3) is 12.3. The Morgan fingerprint density at radius 1 is 0.713 bits per heavy atom. The van der Waals surface area contributed by atoms with Gasteiger partial charge in [0.2, 0.25) is 11.8 Å². The van der Waals surface area contributed by atoms with Gasteiger partial charge < -0.3 is 47.3 Å². The molecule has 6 amide bonds. The molecular formula is C51H47N13O10S6. The van der Waals surface area contributed by atoms with E-state index < -0.39 is 71.6 Å². The summed E-state index contributed by atoms with van der Waals surface area (Å²) in [4.78, 5) is 127. The van der Waals surface area contributed by atoms with Crippen molar-refractivity contribution in [1.82, 2.24) is 55.7 Å². The molecule has 10 rings (SSSR count). The molecule has 412 valence electrons. The number of unbranched alkanes of at least 4 members (excludes halogenated alkanes) is 1. The number of nitrogens with zero attached hydrogens (tertiary/aromatic N) is 8. The average Bonchev–Trinajstić information content (AvgIpc) is 4.38. The smallest absolute Gasteiger partial charge is 0.303 e. The van der Waals surface area contributed by atoms with E-state index in [1.807, 2.05) is 12.3 Å². The number of rotatable bonds is 12. The van der Waals surface area contributed by atoms with Crippen molar-refractivity contribution in [2.45, 2.75) is 76.7 Å². The summed E-state index contributed by atoms with van der Waals surface area (Å²) in [5.74, 6) is -4.63. The fourth-order valence-corrected chi connectivity index (χ4v) is 14.0. The predicted octanol–water partition coefficient (Wildman–Crippen LogP) is 6.04. The molecule has 1 fully saturated rings. The Morgan fingerprint density at radius 3 is 2.15 bits per heavy atom. The lowest BCUT2D eigenvalue weighted by Crippen LogP contribution is -2.50. The van der Waals surface area contributed by atoms with Crippen molar-refractivity contribution in [3.63, 3.8) is 0 Å². The van der Waals surface area contributed by atoms with Gasteiger partial charge in [-0.1, -0.05) is 19.1 Å². The summed E-state index contributed by atoms with van der Waals surface area (Å²) in [7, 11) is 0. The SMILES string of the molecule is Cc1sc2nc1C(=O)NCc1nc(cs1)C(=O)N[C@@H](Cc1ccc(OCCCCC(=O)O)cc1)C(=O)N1CC(O)[C@H](C)[C@H]1c1nc(cs1)-c1nc(cs1)-c1nc(-c3nc(C(N)=O)cs3)ccc1-c1nc(cs1)C(=O)N[C@H]2CC(N)=O. The molecule has 7 aromatic heterocycles. The highest BCUT2D eigenvalue weighted by atomic mass is 32.1.